The predicted octanol–water partition coefficient (Wildman–Crippen LogP) is 2.47. The molecule has 0 saturated carbocycles. The zero-order chi connectivity index (χ0) is 16.2. The van der Waals surface area contributed by atoms with Gasteiger partial charge in [0.1, 0.15) is 5.82 Å². The standard InChI is InChI=1S/C14H17ClN2O4/c1-5-21-12(19)10(18)9-6-8(15)7-16-11(9)17-13(20)14(2,3)4/h6-7H,5H2,1-4H3,(H,16,17,20). The number of nitrogens with one attached hydrogen (secondary N) is 1. The summed E-state index contributed by atoms with van der Waals surface area (Å²) in [7, 11) is 0. The normalized spacial score (nSPS) is 10.9. The highest BCUT2D eigenvalue weighted by molar-refractivity contribution is 6.42. The molecule has 0 saturated heterocycles. The third-order valence-electron chi connectivity index (χ3n) is 2.47. The van der Waals surface area contributed by atoms with Gasteiger partial charge in [0, 0.05) is 11.6 Å². The summed E-state index contributed by atoms with van der Waals surface area (Å²) in [5, 5.41) is 2.70. The van der Waals surface area contributed by atoms with Crippen LogP contribution in [0.3, 0.4) is 0 Å². The minimum atomic E-state index is -1.02. The summed E-state index contributed by atoms with van der Waals surface area (Å²) in [5.41, 5.74) is -0.774. The maximum absolute atomic E-state index is 12.0. The van der Waals surface area contributed by atoms with E-state index in [0.717, 1.165) is 0 Å². The van der Waals surface area contributed by atoms with Crippen LogP contribution in [0.2, 0.25) is 5.02 Å². The van der Waals surface area contributed by atoms with Gasteiger partial charge in [0.15, 0.2) is 0 Å². The summed E-state index contributed by atoms with van der Waals surface area (Å²) in [4.78, 5) is 39.4. The van der Waals surface area contributed by atoms with Crippen molar-refractivity contribution in [1.82, 2.24) is 4.98 Å². The number of carbonyl (C=O) groups excluding carboxylic acids is 3. The molecule has 1 aromatic heterocycles. The van der Waals surface area contributed by atoms with Crippen molar-refractivity contribution < 1.29 is 19.1 Å². The molecule has 0 unspecified atom stereocenters. The number of aromatic nitrogens is 1. The predicted molar refractivity (Wildman–Crippen MR) is 78.3 cm³/mol. The van der Waals surface area contributed by atoms with Crippen molar-refractivity contribution in [2.24, 2.45) is 5.41 Å². The maximum atomic E-state index is 12.0. The van der Waals surface area contributed by atoms with E-state index in [-0.39, 0.29) is 28.9 Å². The maximum Gasteiger partial charge on any atom is 0.379 e. The van der Waals surface area contributed by atoms with E-state index in [9.17, 15) is 14.4 Å². The fourth-order valence-corrected chi connectivity index (χ4v) is 1.47. The van der Waals surface area contributed by atoms with Crippen molar-refractivity contribution in [3.63, 3.8) is 0 Å². The number of anilines is 1. The highest BCUT2D eigenvalue weighted by atomic mass is 35.5. The first-order valence-corrected chi connectivity index (χ1v) is 6.73. The molecule has 0 spiro atoms. The average Bonchev–Trinajstić information content (AvgIpc) is 2.39. The van der Waals surface area contributed by atoms with E-state index in [1.54, 1.807) is 27.7 Å². The van der Waals surface area contributed by atoms with Crippen LogP contribution < -0.4 is 5.32 Å². The molecule has 0 aromatic carbocycles. The Hall–Kier alpha value is -1.95. The lowest BCUT2D eigenvalue weighted by atomic mass is 9.95. The van der Waals surface area contributed by atoms with Crippen LogP contribution >= 0.6 is 11.6 Å². The molecule has 0 bridgehead atoms. The first-order valence-electron chi connectivity index (χ1n) is 6.35. The van der Waals surface area contributed by atoms with Crippen molar-refractivity contribution in [3.05, 3.63) is 22.8 Å². The number of ketones is 1. The summed E-state index contributed by atoms with van der Waals surface area (Å²) in [5.74, 6) is -2.28. The second-order valence-electron chi connectivity index (χ2n) is 5.30. The number of pyridine rings is 1. The molecule has 21 heavy (non-hydrogen) atoms. The van der Waals surface area contributed by atoms with Gasteiger partial charge in [-0.15, -0.1) is 0 Å². The number of halogens is 1. The first-order chi connectivity index (χ1) is 9.66. The molecular formula is C14H17ClN2O4. The fraction of sp³-hybridized carbons (Fsp3) is 0.429. The summed E-state index contributed by atoms with van der Waals surface area (Å²) in [6.07, 6.45) is 1.28. The molecule has 1 heterocycles. The van der Waals surface area contributed by atoms with Crippen LogP contribution in [0.15, 0.2) is 12.3 Å². The minimum absolute atomic E-state index is 0.0163. The van der Waals surface area contributed by atoms with Gasteiger partial charge in [-0.05, 0) is 13.0 Å². The minimum Gasteiger partial charge on any atom is -0.460 e. The van der Waals surface area contributed by atoms with Crippen molar-refractivity contribution in [1.29, 1.82) is 0 Å². The average molecular weight is 313 g/mol. The fourth-order valence-electron chi connectivity index (χ4n) is 1.31. The number of rotatable bonds is 4. The lowest BCUT2D eigenvalue weighted by Crippen LogP contribution is -2.29. The lowest BCUT2D eigenvalue weighted by molar-refractivity contribution is -0.137. The molecule has 0 radical (unpaired) electrons. The van der Waals surface area contributed by atoms with E-state index < -0.39 is 17.2 Å². The molecule has 1 aromatic rings. The van der Waals surface area contributed by atoms with Gasteiger partial charge in [-0.2, -0.15) is 0 Å². The largest absolute Gasteiger partial charge is 0.460 e. The molecule has 0 aliphatic heterocycles. The topological polar surface area (TPSA) is 85.4 Å². The van der Waals surface area contributed by atoms with E-state index >= 15 is 0 Å². The monoisotopic (exact) mass is 312 g/mol. The van der Waals surface area contributed by atoms with Gasteiger partial charge in [0.2, 0.25) is 5.91 Å². The summed E-state index contributed by atoms with van der Waals surface area (Å²) in [6.45, 7) is 6.80. The Labute approximate surface area is 127 Å². The molecule has 1 rings (SSSR count). The molecule has 7 heteroatoms. The van der Waals surface area contributed by atoms with Crippen LogP contribution in [-0.2, 0) is 14.3 Å². The number of esters is 1. The van der Waals surface area contributed by atoms with Crippen LogP contribution in [0.5, 0.6) is 0 Å². The van der Waals surface area contributed by atoms with E-state index in [1.807, 2.05) is 0 Å². The highest BCUT2D eigenvalue weighted by Gasteiger charge is 2.26. The summed E-state index contributed by atoms with van der Waals surface area (Å²) in [6, 6.07) is 1.27. The molecule has 0 atom stereocenters. The van der Waals surface area contributed by atoms with Crippen LogP contribution in [0.25, 0.3) is 0 Å². The van der Waals surface area contributed by atoms with Gasteiger partial charge in [-0.3, -0.25) is 9.59 Å². The van der Waals surface area contributed by atoms with Crippen molar-refractivity contribution in [2.75, 3.05) is 11.9 Å². The second kappa shape index (κ2) is 6.67. The van der Waals surface area contributed by atoms with Gasteiger partial charge < -0.3 is 10.1 Å². The van der Waals surface area contributed by atoms with E-state index in [2.05, 4.69) is 15.0 Å². The Morgan fingerprint density at radius 2 is 1.95 bits per heavy atom. The molecule has 0 fully saturated rings. The molecular weight excluding hydrogens is 296 g/mol. The van der Waals surface area contributed by atoms with Gasteiger partial charge >= 0.3 is 5.97 Å². The molecule has 0 aliphatic rings. The van der Waals surface area contributed by atoms with Gasteiger partial charge in [0.25, 0.3) is 5.78 Å². The third-order valence-corrected chi connectivity index (χ3v) is 2.68. The van der Waals surface area contributed by atoms with Gasteiger partial charge in [0.05, 0.1) is 17.2 Å². The molecule has 1 amide bonds. The van der Waals surface area contributed by atoms with Gasteiger partial charge in [-0.25, -0.2) is 9.78 Å². The Balaban J connectivity index is 3.14. The zero-order valence-electron chi connectivity index (χ0n) is 12.3. The van der Waals surface area contributed by atoms with Crippen molar-refractivity contribution >= 4 is 35.1 Å². The number of hydrogen-bond donors (Lipinski definition) is 1. The number of nitrogens with zero attached hydrogens (tertiary/aromatic N) is 1. The lowest BCUT2D eigenvalue weighted by Gasteiger charge is -2.18. The Morgan fingerprint density at radius 3 is 2.48 bits per heavy atom. The quantitative estimate of drug-likeness (QED) is 0.524. The molecule has 114 valence electrons. The van der Waals surface area contributed by atoms with Crippen LogP contribution in [-0.4, -0.2) is 29.3 Å². The molecule has 0 aliphatic carbocycles. The summed E-state index contributed by atoms with van der Waals surface area (Å²) < 4.78 is 4.65. The zero-order valence-corrected chi connectivity index (χ0v) is 13.1. The van der Waals surface area contributed by atoms with Crippen molar-refractivity contribution in [2.45, 2.75) is 27.7 Å². The number of ether oxygens (including phenoxy) is 1. The Kier molecular flexibility index (Phi) is 5.43. The number of hydrogen-bond acceptors (Lipinski definition) is 5. The first kappa shape index (κ1) is 17.1. The summed E-state index contributed by atoms with van der Waals surface area (Å²) >= 11 is 5.79. The third kappa shape index (κ3) is 4.53. The van der Waals surface area contributed by atoms with E-state index in [1.165, 1.54) is 12.3 Å². The van der Waals surface area contributed by atoms with E-state index in [0.29, 0.717) is 0 Å². The number of amides is 1. The van der Waals surface area contributed by atoms with Crippen LogP contribution in [0.4, 0.5) is 5.82 Å². The van der Waals surface area contributed by atoms with Gasteiger partial charge in [-0.1, -0.05) is 32.4 Å². The highest BCUT2D eigenvalue weighted by Crippen LogP contribution is 2.22. The molecule has 6 nitrogen and oxygen atoms in total. The number of Topliss-reactive ketones (excluding diaryl/α,β-unsaturated/α-hetero) is 1. The van der Waals surface area contributed by atoms with Crippen molar-refractivity contribution in [3.8, 4) is 0 Å². The van der Waals surface area contributed by atoms with Crippen LogP contribution in [0.1, 0.15) is 38.1 Å². The van der Waals surface area contributed by atoms with E-state index in [4.69, 9.17) is 11.6 Å². The Morgan fingerprint density at radius 1 is 1.33 bits per heavy atom. The number of carbonyl (C=O) groups is 3. The smallest absolute Gasteiger partial charge is 0.379 e. The Bertz CT molecular complexity index is 579. The van der Waals surface area contributed by atoms with Crippen LogP contribution in [0, 0.1) is 5.41 Å². The SMILES string of the molecule is CCOC(=O)C(=O)c1cc(Cl)cnc1NC(=O)C(C)(C)C. The second-order valence-corrected chi connectivity index (χ2v) is 5.74. The molecule has 1 N–H and O–H groups in total.